The van der Waals surface area contributed by atoms with Gasteiger partial charge < -0.3 is 14.6 Å². The number of methoxy groups -OCH3 is 2. The lowest BCUT2D eigenvalue weighted by atomic mass is 10.1. The standard InChI is InChI=1S/C19H25NO3/c1-15(21)12-20(13-16-8-5-4-6-9-16)14-17-10-7-11-18(22-2)19(17)23-3/h4-11,15,21H,12-14H2,1-3H3. The van der Waals surface area contributed by atoms with E-state index in [-0.39, 0.29) is 0 Å². The van der Waals surface area contributed by atoms with Crippen molar-refractivity contribution in [2.75, 3.05) is 20.8 Å². The van der Waals surface area contributed by atoms with Gasteiger partial charge in [0.25, 0.3) is 0 Å². The summed E-state index contributed by atoms with van der Waals surface area (Å²) in [5.41, 5.74) is 2.26. The zero-order chi connectivity index (χ0) is 16.7. The van der Waals surface area contributed by atoms with Gasteiger partial charge in [0.15, 0.2) is 11.5 Å². The second kappa shape index (κ2) is 8.56. The first-order valence-electron chi connectivity index (χ1n) is 7.78. The summed E-state index contributed by atoms with van der Waals surface area (Å²) >= 11 is 0. The SMILES string of the molecule is COc1cccc(CN(Cc2ccccc2)CC(C)O)c1OC. The van der Waals surface area contributed by atoms with Gasteiger partial charge >= 0.3 is 0 Å². The highest BCUT2D eigenvalue weighted by atomic mass is 16.5. The van der Waals surface area contributed by atoms with Crippen molar-refractivity contribution >= 4 is 0 Å². The van der Waals surface area contributed by atoms with E-state index >= 15 is 0 Å². The van der Waals surface area contributed by atoms with Gasteiger partial charge in [-0.2, -0.15) is 0 Å². The topological polar surface area (TPSA) is 41.9 Å². The Morgan fingerprint density at radius 1 is 0.957 bits per heavy atom. The molecule has 0 amide bonds. The highest BCUT2D eigenvalue weighted by Gasteiger charge is 2.15. The molecule has 0 saturated heterocycles. The number of rotatable bonds is 8. The molecule has 23 heavy (non-hydrogen) atoms. The second-order valence-electron chi connectivity index (χ2n) is 5.66. The third-order valence-electron chi connectivity index (χ3n) is 3.65. The van der Waals surface area contributed by atoms with Gasteiger partial charge in [0.1, 0.15) is 0 Å². The maximum atomic E-state index is 9.81. The van der Waals surface area contributed by atoms with E-state index in [1.54, 1.807) is 21.1 Å². The quantitative estimate of drug-likeness (QED) is 0.813. The van der Waals surface area contributed by atoms with E-state index in [0.717, 1.165) is 23.6 Å². The number of nitrogens with zero attached hydrogens (tertiary/aromatic N) is 1. The number of hydrogen-bond donors (Lipinski definition) is 1. The lowest BCUT2D eigenvalue weighted by Crippen LogP contribution is -2.30. The fraction of sp³-hybridized carbons (Fsp3) is 0.368. The van der Waals surface area contributed by atoms with Crippen molar-refractivity contribution in [2.45, 2.75) is 26.1 Å². The molecule has 0 aliphatic carbocycles. The number of benzene rings is 2. The van der Waals surface area contributed by atoms with Gasteiger partial charge in [-0.05, 0) is 18.6 Å². The van der Waals surface area contributed by atoms with Gasteiger partial charge in [0, 0.05) is 25.2 Å². The lowest BCUT2D eigenvalue weighted by molar-refractivity contribution is 0.117. The molecule has 0 heterocycles. The normalized spacial score (nSPS) is 12.2. The van der Waals surface area contributed by atoms with Crippen LogP contribution in [-0.2, 0) is 13.1 Å². The monoisotopic (exact) mass is 315 g/mol. The number of hydrogen-bond acceptors (Lipinski definition) is 4. The molecule has 0 aromatic heterocycles. The molecule has 2 aromatic carbocycles. The van der Waals surface area contributed by atoms with E-state index in [2.05, 4.69) is 17.0 Å². The number of para-hydroxylation sites is 1. The molecule has 0 radical (unpaired) electrons. The minimum Gasteiger partial charge on any atom is -0.493 e. The summed E-state index contributed by atoms with van der Waals surface area (Å²) < 4.78 is 10.9. The van der Waals surface area contributed by atoms with Crippen LogP contribution in [0.2, 0.25) is 0 Å². The first-order chi connectivity index (χ1) is 11.1. The molecule has 1 unspecified atom stereocenters. The Kier molecular flexibility index (Phi) is 6.44. The minimum atomic E-state index is -0.393. The molecule has 1 atom stereocenters. The van der Waals surface area contributed by atoms with Gasteiger partial charge in [-0.25, -0.2) is 0 Å². The summed E-state index contributed by atoms with van der Waals surface area (Å²) in [4.78, 5) is 2.21. The minimum absolute atomic E-state index is 0.393. The molecule has 124 valence electrons. The van der Waals surface area contributed by atoms with Crippen LogP contribution >= 0.6 is 0 Å². The molecule has 0 saturated carbocycles. The average Bonchev–Trinajstić information content (AvgIpc) is 2.54. The van der Waals surface area contributed by atoms with Gasteiger partial charge in [-0.15, -0.1) is 0 Å². The Bertz CT molecular complexity index is 599. The van der Waals surface area contributed by atoms with E-state index < -0.39 is 6.10 Å². The van der Waals surface area contributed by atoms with E-state index in [1.807, 2.05) is 36.4 Å². The molecule has 0 spiro atoms. The third-order valence-corrected chi connectivity index (χ3v) is 3.65. The fourth-order valence-electron chi connectivity index (χ4n) is 2.72. The van der Waals surface area contributed by atoms with Crippen molar-refractivity contribution in [1.82, 2.24) is 4.90 Å². The van der Waals surface area contributed by atoms with Gasteiger partial charge in [-0.3, -0.25) is 4.90 Å². The predicted octanol–water partition coefficient (Wildman–Crippen LogP) is 3.09. The van der Waals surface area contributed by atoms with Crippen molar-refractivity contribution in [2.24, 2.45) is 0 Å². The summed E-state index contributed by atoms with van der Waals surface area (Å²) in [6, 6.07) is 16.1. The number of aliphatic hydroxyl groups is 1. The Labute approximate surface area is 138 Å². The van der Waals surface area contributed by atoms with Gasteiger partial charge in [-0.1, -0.05) is 42.5 Å². The van der Waals surface area contributed by atoms with Crippen molar-refractivity contribution in [3.63, 3.8) is 0 Å². The largest absolute Gasteiger partial charge is 0.493 e. The molecule has 0 bridgehead atoms. The van der Waals surface area contributed by atoms with Crippen LogP contribution in [0.3, 0.4) is 0 Å². The average molecular weight is 315 g/mol. The van der Waals surface area contributed by atoms with Crippen LogP contribution in [0.1, 0.15) is 18.1 Å². The predicted molar refractivity (Wildman–Crippen MR) is 91.8 cm³/mol. The van der Waals surface area contributed by atoms with Crippen molar-refractivity contribution < 1.29 is 14.6 Å². The van der Waals surface area contributed by atoms with Crippen LogP contribution in [-0.4, -0.2) is 36.9 Å². The van der Waals surface area contributed by atoms with Crippen LogP contribution < -0.4 is 9.47 Å². The summed E-state index contributed by atoms with van der Waals surface area (Å²) in [5, 5.41) is 9.81. The van der Waals surface area contributed by atoms with E-state index in [4.69, 9.17) is 9.47 Å². The molecule has 4 heteroatoms. The third kappa shape index (κ3) is 4.98. The van der Waals surface area contributed by atoms with E-state index in [1.165, 1.54) is 5.56 Å². The zero-order valence-electron chi connectivity index (χ0n) is 14.0. The van der Waals surface area contributed by atoms with Crippen molar-refractivity contribution in [1.29, 1.82) is 0 Å². The van der Waals surface area contributed by atoms with Crippen LogP contribution in [0.5, 0.6) is 11.5 Å². The van der Waals surface area contributed by atoms with Gasteiger partial charge in [0.2, 0.25) is 0 Å². The molecule has 0 aliphatic heterocycles. The second-order valence-corrected chi connectivity index (χ2v) is 5.66. The molecular weight excluding hydrogens is 290 g/mol. The number of aliphatic hydroxyl groups excluding tert-OH is 1. The lowest BCUT2D eigenvalue weighted by Gasteiger charge is -2.25. The summed E-state index contributed by atoms with van der Waals surface area (Å²) in [7, 11) is 3.29. The summed E-state index contributed by atoms with van der Waals surface area (Å²) in [5.74, 6) is 1.47. The molecule has 2 rings (SSSR count). The molecule has 0 fully saturated rings. The van der Waals surface area contributed by atoms with Crippen LogP contribution in [0, 0.1) is 0 Å². The zero-order valence-corrected chi connectivity index (χ0v) is 14.0. The van der Waals surface area contributed by atoms with Crippen LogP contribution in [0.25, 0.3) is 0 Å². The first kappa shape index (κ1) is 17.3. The van der Waals surface area contributed by atoms with Crippen molar-refractivity contribution in [3.05, 3.63) is 59.7 Å². The highest BCUT2D eigenvalue weighted by molar-refractivity contribution is 5.46. The van der Waals surface area contributed by atoms with E-state index in [9.17, 15) is 5.11 Å². The Morgan fingerprint density at radius 3 is 2.30 bits per heavy atom. The molecule has 0 aliphatic rings. The van der Waals surface area contributed by atoms with Crippen LogP contribution in [0.15, 0.2) is 48.5 Å². The Hall–Kier alpha value is -2.04. The smallest absolute Gasteiger partial charge is 0.165 e. The highest BCUT2D eigenvalue weighted by Crippen LogP contribution is 2.31. The van der Waals surface area contributed by atoms with E-state index in [0.29, 0.717) is 13.1 Å². The summed E-state index contributed by atoms with van der Waals surface area (Å²) in [6.07, 6.45) is -0.393. The van der Waals surface area contributed by atoms with Crippen LogP contribution in [0.4, 0.5) is 0 Å². The maximum absolute atomic E-state index is 9.81. The summed E-state index contributed by atoms with van der Waals surface area (Å²) in [6.45, 7) is 3.85. The first-order valence-corrected chi connectivity index (χ1v) is 7.78. The molecule has 4 nitrogen and oxygen atoms in total. The Balaban J connectivity index is 2.20. The van der Waals surface area contributed by atoms with Crippen molar-refractivity contribution in [3.8, 4) is 11.5 Å². The maximum Gasteiger partial charge on any atom is 0.165 e. The molecule has 2 aromatic rings. The fourth-order valence-corrected chi connectivity index (χ4v) is 2.72. The molecule has 1 N–H and O–H groups in total. The van der Waals surface area contributed by atoms with Gasteiger partial charge in [0.05, 0.1) is 20.3 Å². The number of ether oxygens (including phenoxy) is 2. The Morgan fingerprint density at radius 2 is 1.70 bits per heavy atom. The molecular formula is C19H25NO3.